The molecule has 1 aromatic carbocycles. The van der Waals surface area contributed by atoms with Crippen LogP contribution in [-0.2, 0) is 6.54 Å². The molecule has 0 fully saturated rings. The first-order chi connectivity index (χ1) is 9.97. The van der Waals surface area contributed by atoms with Crippen molar-refractivity contribution >= 4 is 5.96 Å². The molecule has 0 aliphatic rings. The molecule has 0 N–H and O–H groups in total. The molecule has 6 nitrogen and oxygen atoms in total. The van der Waals surface area contributed by atoms with Crippen molar-refractivity contribution in [3.8, 4) is 11.4 Å². The van der Waals surface area contributed by atoms with Crippen molar-refractivity contribution in [1.82, 2.24) is 19.9 Å². The number of rotatable bonds is 3. The molecular formula is C14H18FN5O. The summed E-state index contributed by atoms with van der Waals surface area (Å²) in [7, 11) is 7.63. The van der Waals surface area contributed by atoms with Crippen LogP contribution >= 0.6 is 0 Å². The van der Waals surface area contributed by atoms with Crippen LogP contribution in [0, 0.1) is 5.82 Å². The van der Waals surface area contributed by atoms with Gasteiger partial charge in [0.2, 0.25) is 11.7 Å². The van der Waals surface area contributed by atoms with E-state index >= 15 is 0 Å². The van der Waals surface area contributed by atoms with Gasteiger partial charge >= 0.3 is 0 Å². The van der Waals surface area contributed by atoms with Crippen molar-refractivity contribution in [3.05, 3.63) is 36.0 Å². The van der Waals surface area contributed by atoms with Gasteiger partial charge in [0.25, 0.3) is 0 Å². The molecule has 0 radical (unpaired) electrons. The minimum atomic E-state index is -0.334. The van der Waals surface area contributed by atoms with Gasteiger partial charge in [-0.15, -0.1) is 0 Å². The Hall–Kier alpha value is -2.44. The summed E-state index contributed by atoms with van der Waals surface area (Å²) in [5.74, 6) is 1.20. The Labute approximate surface area is 122 Å². The highest BCUT2D eigenvalue weighted by molar-refractivity contribution is 5.79. The summed E-state index contributed by atoms with van der Waals surface area (Å²) in [6.45, 7) is 0.272. The molecule has 1 heterocycles. The summed E-state index contributed by atoms with van der Waals surface area (Å²) in [5.41, 5.74) is 0.578. The van der Waals surface area contributed by atoms with Crippen molar-refractivity contribution in [2.45, 2.75) is 6.54 Å². The van der Waals surface area contributed by atoms with Crippen molar-refractivity contribution < 1.29 is 8.91 Å². The predicted octanol–water partition coefficient (Wildman–Crippen LogP) is 1.85. The maximum Gasteiger partial charge on any atom is 0.248 e. The fraction of sp³-hybridized carbons (Fsp3) is 0.357. The van der Waals surface area contributed by atoms with Gasteiger partial charge in [0.1, 0.15) is 12.4 Å². The Balaban J connectivity index is 2.15. The van der Waals surface area contributed by atoms with E-state index in [1.165, 1.54) is 12.1 Å². The zero-order valence-corrected chi connectivity index (χ0v) is 12.5. The van der Waals surface area contributed by atoms with Crippen LogP contribution in [0.3, 0.4) is 0 Å². The maximum absolute atomic E-state index is 13.2. The van der Waals surface area contributed by atoms with E-state index in [0.717, 1.165) is 5.96 Å². The Morgan fingerprint density at radius 3 is 2.57 bits per heavy atom. The molecule has 0 aliphatic heterocycles. The minimum Gasteiger partial charge on any atom is -0.349 e. The van der Waals surface area contributed by atoms with Gasteiger partial charge in [-0.05, 0) is 12.1 Å². The number of aromatic nitrogens is 2. The average Bonchev–Trinajstić information content (AvgIpc) is 2.87. The highest BCUT2D eigenvalue weighted by atomic mass is 19.1. The molecular weight excluding hydrogens is 273 g/mol. The number of benzene rings is 1. The summed E-state index contributed by atoms with van der Waals surface area (Å²) in [5, 5.41) is 3.85. The third kappa shape index (κ3) is 3.77. The normalized spacial score (nSPS) is 10.3. The van der Waals surface area contributed by atoms with Gasteiger partial charge in [0.15, 0.2) is 5.96 Å². The zero-order chi connectivity index (χ0) is 15.4. The second-order valence-electron chi connectivity index (χ2n) is 4.93. The third-order valence-electron chi connectivity index (χ3n) is 2.71. The topological polar surface area (TPSA) is 57.8 Å². The smallest absolute Gasteiger partial charge is 0.248 e. The van der Waals surface area contributed by atoms with Crippen LogP contribution in [0.15, 0.2) is 33.8 Å². The monoisotopic (exact) mass is 291 g/mol. The molecule has 2 aromatic rings. The molecule has 7 heteroatoms. The zero-order valence-electron chi connectivity index (χ0n) is 12.5. The van der Waals surface area contributed by atoms with Gasteiger partial charge < -0.3 is 14.3 Å². The minimum absolute atomic E-state index is 0.272. The Morgan fingerprint density at radius 1 is 1.24 bits per heavy atom. The molecule has 0 saturated heterocycles. The number of hydrogen-bond acceptors (Lipinski definition) is 4. The molecule has 0 bridgehead atoms. The van der Waals surface area contributed by atoms with Crippen LogP contribution < -0.4 is 0 Å². The van der Waals surface area contributed by atoms with E-state index in [2.05, 4.69) is 15.1 Å². The van der Waals surface area contributed by atoms with E-state index in [0.29, 0.717) is 17.3 Å². The first-order valence-corrected chi connectivity index (χ1v) is 6.45. The SMILES string of the molecule is CN(C)C(=NCc1nc(-c2cccc(F)c2)no1)N(C)C. The third-order valence-corrected chi connectivity index (χ3v) is 2.71. The first kappa shape index (κ1) is 15.0. The van der Waals surface area contributed by atoms with E-state index in [1.54, 1.807) is 12.1 Å². The first-order valence-electron chi connectivity index (χ1n) is 6.45. The van der Waals surface area contributed by atoms with E-state index in [1.807, 2.05) is 38.0 Å². The van der Waals surface area contributed by atoms with Crippen LogP contribution in [0.1, 0.15) is 5.89 Å². The molecule has 0 unspecified atom stereocenters. The number of nitrogens with zero attached hydrogens (tertiary/aromatic N) is 5. The van der Waals surface area contributed by atoms with Gasteiger partial charge in [-0.1, -0.05) is 17.3 Å². The molecule has 0 amide bonds. The molecule has 112 valence electrons. The van der Waals surface area contributed by atoms with Crippen molar-refractivity contribution in [1.29, 1.82) is 0 Å². The Kier molecular flexibility index (Phi) is 4.52. The lowest BCUT2D eigenvalue weighted by Crippen LogP contribution is -2.35. The molecule has 0 aliphatic carbocycles. The fourth-order valence-corrected chi connectivity index (χ4v) is 1.89. The van der Waals surface area contributed by atoms with Crippen molar-refractivity contribution in [2.24, 2.45) is 4.99 Å². The number of hydrogen-bond donors (Lipinski definition) is 0. The second kappa shape index (κ2) is 6.34. The Morgan fingerprint density at radius 2 is 1.95 bits per heavy atom. The largest absolute Gasteiger partial charge is 0.349 e. The summed E-state index contributed by atoms with van der Waals surface area (Å²) < 4.78 is 18.3. The lowest BCUT2D eigenvalue weighted by Gasteiger charge is -2.22. The highest BCUT2D eigenvalue weighted by Gasteiger charge is 2.10. The lowest BCUT2D eigenvalue weighted by atomic mass is 10.2. The van der Waals surface area contributed by atoms with Gasteiger partial charge in [-0.25, -0.2) is 9.38 Å². The van der Waals surface area contributed by atoms with Crippen LogP contribution in [0.5, 0.6) is 0 Å². The molecule has 0 spiro atoms. The van der Waals surface area contributed by atoms with Gasteiger partial charge in [-0.3, -0.25) is 0 Å². The molecule has 0 atom stereocenters. The van der Waals surface area contributed by atoms with Crippen LogP contribution in [0.25, 0.3) is 11.4 Å². The maximum atomic E-state index is 13.2. The molecule has 0 saturated carbocycles. The number of guanidine groups is 1. The van der Waals surface area contributed by atoms with Crippen LogP contribution in [0.4, 0.5) is 4.39 Å². The number of aliphatic imine (C=N–C) groups is 1. The van der Waals surface area contributed by atoms with E-state index in [4.69, 9.17) is 4.52 Å². The quantitative estimate of drug-likeness (QED) is 0.638. The van der Waals surface area contributed by atoms with Gasteiger partial charge in [0, 0.05) is 33.8 Å². The summed E-state index contributed by atoms with van der Waals surface area (Å²) in [6.07, 6.45) is 0. The molecule has 1 aromatic heterocycles. The van der Waals surface area contributed by atoms with Gasteiger partial charge in [0.05, 0.1) is 0 Å². The van der Waals surface area contributed by atoms with E-state index < -0.39 is 0 Å². The van der Waals surface area contributed by atoms with Crippen molar-refractivity contribution in [3.63, 3.8) is 0 Å². The second-order valence-corrected chi connectivity index (χ2v) is 4.93. The average molecular weight is 291 g/mol. The summed E-state index contributed by atoms with van der Waals surface area (Å²) in [6, 6.07) is 6.07. The van der Waals surface area contributed by atoms with Gasteiger partial charge in [-0.2, -0.15) is 4.98 Å². The standard InChI is InChI=1S/C14H18FN5O/c1-19(2)14(20(3)4)16-9-12-17-13(18-21-12)10-6-5-7-11(15)8-10/h5-8H,9H2,1-4H3. The Bertz CT molecular complexity index is 626. The lowest BCUT2D eigenvalue weighted by molar-refractivity contribution is 0.378. The van der Waals surface area contributed by atoms with E-state index in [-0.39, 0.29) is 12.4 Å². The van der Waals surface area contributed by atoms with Crippen LogP contribution in [-0.4, -0.2) is 54.1 Å². The number of halogens is 1. The summed E-state index contributed by atoms with van der Waals surface area (Å²) >= 11 is 0. The fourth-order valence-electron chi connectivity index (χ4n) is 1.89. The molecule has 2 rings (SSSR count). The van der Waals surface area contributed by atoms with Crippen LogP contribution in [0.2, 0.25) is 0 Å². The molecule has 21 heavy (non-hydrogen) atoms. The highest BCUT2D eigenvalue weighted by Crippen LogP contribution is 2.16. The van der Waals surface area contributed by atoms with Crippen molar-refractivity contribution in [2.75, 3.05) is 28.2 Å². The van der Waals surface area contributed by atoms with E-state index in [9.17, 15) is 4.39 Å². The predicted molar refractivity (Wildman–Crippen MR) is 78.2 cm³/mol. The summed E-state index contributed by atoms with van der Waals surface area (Å²) in [4.78, 5) is 12.4.